The fraction of sp³-hybridized carbons (Fsp3) is 1.00. The van der Waals surface area contributed by atoms with E-state index in [-0.39, 0.29) is 81.5 Å². The van der Waals surface area contributed by atoms with Gasteiger partial charge in [0.15, 0.2) is 102 Å². The van der Waals surface area contributed by atoms with E-state index in [4.69, 9.17) is 164 Å². The Balaban J connectivity index is 1.44. The molecule has 0 amide bonds. The van der Waals surface area contributed by atoms with Crippen LogP contribution in [0.5, 0.6) is 0 Å². The lowest BCUT2D eigenvalue weighted by atomic mass is 9.94. The lowest BCUT2D eigenvalue weighted by Gasteiger charge is -2.53. The number of methoxy groups -OCH3 is 14. The van der Waals surface area contributed by atoms with E-state index in [0.29, 0.717) is 0 Å². The Hall–Kier alpha value is 0.118. The van der Waals surface area contributed by atoms with Crippen molar-refractivity contribution < 1.29 is 164 Å². The summed E-state index contributed by atoms with van der Waals surface area (Å²) in [6, 6.07) is 0. The number of ether oxygens (including phenoxy) is 28. The van der Waals surface area contributed by atoms with Gasteiger partial charge in [-0.2, -0.15) is 0 Å². The molecule has 140 heavy (non-hydrogen) atoms. The fourth-order valence-electron chi connectivity index (χ4n) is 17.3. The van der Waals surface area contributed by atoms with Crippen molar-refractivity contribution >= 4 is 58.2 Å². The molecular formula is C98H196O35Si7. The molecule has 826 valence electrons. The van der Waals surface area contributed by atoms with Gasteiger partial charge in [0.2, 0.25) is 0 Å². The summed E-state index contributed by atoms with van der Waals surface area (Å²) < 4.78 is 252. The highest BCUT2D eigenvalue weighted by Gasteiger charge is 2.65. The molecule has 0 aromatic rings. The normalized spacial score (nSPS) is 37.6. The molecule has 0 aromatic carbocycles. The molecule has 21 aliphatic rings. The van der Waals surface area contributed by atoms with Crippen LogP contribution in [0, 0.1) is 0 Å². The maximum absolute atomic E-state index is 7.64. The van der Waals surface area contributed by atoms with E-state index in [9.17, 15) is 0 Å². The zero-order valence-electron chi connectivity index (χ0n) is 95.4. The molecule has 21 fully saturated rings. The van der Waals surface area contributed by atoms with Crippen molar-refractivity contribution in [2.24, 2.45) is 0 Å². The molecule has 0 spiro atoms. The Morgan fingerprint density at radius 3 is 0.300 bits per heavy atom. The van der Waals surface area contributed by atoms with Crippen LogP contribution >= 0.6 is 0 Å². The van der Waals surface area contributed by atoms with Crippen LogP contribution in [-0.2, 0) is 164 Å². The number of hydrogen-bond donors (Lipinski definition) is 0. The predicted octanol–water partition coefficient (Wildman–Crippen LogP) is 15.1. The van der Waals surface area contributed by atoms with Gasteiger partial charge >= 0.3 is 0 Å². The minimum absolute atomic E-state index is 0.0147. The minimum atomic E-state index is -2.66. The molecule has 21 saturated heterocycles. The van der Waals surface area contributed by atoms with Gasteiger partial charge in [-0.1, -0.05) is 145 Å². The van der Waals surface area contributed by atoms with Crippen molar-refractivity contribution in [1.82, 2.24) is 0 Å². The molecule has 0 aliphatic carbocycles. The van der Waals surface area contributed by atoms with Crippen LogP contribution in [0.25, 0.3) is 0 Å². The van der Waals surface area contributed by atoms with Gasteiger partial charge in [-0.05, 0) is 127 Å². The summed E-state index contributed by atoms with van der Waals surface area (Å²) in [5.41, 5.74) is 0. The molecule has 35 nitrogen and oxygen atoms in total. The molecule has 0 saturated carbocycles. The highest BCUT2D eigenvalue weighted by atomic mass is 28.4. The molecular weight excluding hydrogens is 1930 g/mol. The van der Waals surface area contributed by atoms with Crippen molar-refractivity contribution in [3.05, 3.63) is 0 Å². The van der Waals surface area contributed by atoms with Crippen LogP contribution in [0.4, 0.5) is 0 Å². The molecule has 21 rings (SSSR count). The van der Waals surface area contributed by atoms with Gasteiger partial charge in [0.05, 0.1) is 46.2 Å². The quantitative estimate of drug-likeness (QED) is 0.0532. The highest BCUT2D eigenvalue weighted by molar-refractivity contribution is 6.76. The number of hydrogen-bond acceptors (Lipinski definition) is 35. The molecule has 42 heteroatoms. The van der Waals surface area contributed by atoms with Gasteiger partial charge in [-0.3, -0.25) is 0 Å². The maximum Gasteiger partial charge on any atom is 0.192 e. The average molecular weight is 2130 g/mol. The van der Waals surface area contributed by atoms with Gasteiger partial charge in [0, 0.05) is 99.5 Å². The first-order chi connectivity index (χ1) is 64.5. The van der Waals surface area contributed by atoms with Crippen LogP contribution in [0.3, 0.4) is 0 Å². The van der Waals surface area contributed by atoms with E-state index in [1.54, 1.807) is 99.5 Å². The van der Waals surface area contributed by atoms with Gasteiger partial charge in [0.1, 0.15) is 171 Å². The smallest absolute Gasteiger partial charge is 0.192 e. The third-order valence-electron chi connectivity index (χ3n) is 33.9. The van der Waals surface area contributed by atoms with Gasteiger partial charge in [-0.15, -0.1) is 0 Å². The van der Waals surface area contributed by atoms with Crippen molar-refractivity contribution in [2.45, 2.75) is 487 Å². The lowest BCUT2D eigenvalue weighted by molar-refractivity contribution is -0.401. The molecule has 35 unspecified atom stereocenters. The minimum Gasteiger partial charge on any atom is -0.414 e. The summed E-state index contributed by atoms with van der Waals surface area (Å²) in [6.07, 6.45) is -38.3. The highest BCUT2D eigenvalue weighted by Crippen LogP contribution is 2.50. The summed E-state index contributed by atoms with van der Waals surface area (Å²) in [7, 11) is 3.58. The Kier molecular flexibility index (Phi) is 44.5. The van der Waals surface area contributed by atoms with Crippen molar-refractivity contribution in [1.29, 1.82) is 0 Å². The van der Waals surface area contributed by atoms with Gasteiger partial charge < -0.3 is 164 Å². The SMILES string of the molecule is COC1C2OC(CO[Si](C)(C)C(C)(C)C)C(OC3OC(CO[Si](C)(C)C(C)(C)C)C(OC4OC(CO[Si](C)(C)C(C)(C)C)C(OC5OC(CO[Si](C)(C)C(C)(C)C)C(OC6OC(CO[Si](C)(C)C(C)(C)C)C(OC7OC(CO[Si](C)(C)C(C)(C)C)C(OC8OC(CO[Si](C)(C)C(C)(C)C)C(O2)C(OC)C8OC)C(OC)C7OC)C(OC)C6OC)C(OC)C5OC)C(OC)C4OC)C(OC)C3OC)C1OC. The molecule has 21 heterocycles. The third-order valence-corrected chi connectivity index (χ3v) is 65.4. The predicted molar refractivity (Wildman–Crippen MR) is 548 cm³/mol. The molecule has 0 aromatic heterocycles. The van der Waals surface area contributed by atoms with Crippen molar-refractivity contribution in [3.63, 3.8) is 0 Å². The van der Waals surface area contributed by atoms with Crippen molar-refractivity contribution in [3.8, 4) is 0 Å². The molecule has 21 aliphatic heterocycles. The second kappa shape index (κ2) is 49.7. The summed E-state index contributed by atoms with van der Waals surface area (Å²) >= 11 is 0. The van der Waals surface area contributed by atoms with E-state index in [1.807, 2.05) is 0 Å². The topological polar surface area (TPSA) is 323 Å². The standard InChI is InChI=1S/C98H196O35Si7/c1-92(2,3)134(36,37)113-50-57-64-71(99-22)78(106-29)85(120-57)128-65-58(51-114-135(38,39)93(4,5)6)122-87(80(108-31)72(65)100-23)130-67-60(53-116-137(42,43)95(10,11)12)124-89(82(110-33)74(67)102-25)132-69-62(55-118-139(46,47)97(16,17)18)126-91(84(112-35)76(69)104-27)133-70-63(56-119-140(48,49)98(19,20)21)125-90(83(111-34)77(70)105-28)131-68-61(54-117-138(44,45)96(13,14)15)123-88(81(109-32)75(68)103-26)129-66-59(52-115-136(40,41)94(7,8)9)121-86(127-64)79(107-30)73(66)101-24/h57-91H,50-56H2,1-49H3. The summed E-state index contributed by atoms with van der Waals surface area (Å²) in [6.45, 7) is 76.3. The lowest BCUT2D eigenvalue weighted by Crippen LogP contribution is -2.70. The Morgan fingerprint density at radius 2 is 0.229 bits per heavy atom. The second-order valence-corrected chi connectivity index (χ2v) is 83.5. The van der Waals surface area contributed by atoms with Crippen molar-refractivity contribution in [2.75, 3.05) is 146 Å². The van der Waals surface area contributed by atoms with Crippen LogP contribution in [0.2, 0.25) is 127 Å². The van der Waals surface area contributed by atoms with E-state index < -0.39 is 273 Å². The Labute approximate surface area is 850 Å². The maximum atomic E-state index is 7.64. The van der Waals surface area contributed by atoms with E-state index in [0.717, 1.165) is 0 Å². The number of rotatable bonds is 35. The fourth-order valence-corrected chi connectivity index (χ4v) is 24.3. The molecule has 0 N–H and O–H groups in total. The van der Waals surface area contributed by atoms with Crippen LogP contribution in [0.1, 0.15) is 145 Å². The zero-order chi connectivity index (χ0) is 106. The van der Waals surface area contributed by atoms with Gasteiger partial charge in [-0.25, -0.2) is 0 Å². The first-order valence-electron chi connectivity index (χ1n) is 50.5. The Bertz CT molecular complexity index is 3040. The van der Waals surface area contributed by atoms with E-state index in [1.165, 1.54) is 0 Å². The monoisotopic (exact) mass is 2130 g/mol. The van der Waals surface area contributed by atoms with Crippen LogP contribution in [0.15, 0.2) is 0 Å². The molecule has 35 atom stereocenters. The second-order valence-electron chi connectivity index (χ2n) is 49.8. The largest absolute Gasteiger partial charge is 0.414 e. The van der Waals surface area contributed by atoms with Crippen LogP contribution in [-0.4, -0.2) is 419 Å². The zero-order valence-corrected chi connectivity index (χ0v) is 102. The van der Waals surface area contributed by atoms with Crippen LogP contribution < -0.4 is 0 Å². The van der Waals surface area contributed by atoms with Gasteiger partial charge in [0.25, 0.3) is 0 Å². The average Bonchev–Trinajstić information content (AvgIpc) is 0.769. The Morgan fingerprint density at radius 1 is 0.143 bits per heavy atom. The summed E-state index contributed by atoms with van der Waals surface area (Å²) in [5, 5.41) is -1.87. The first kappa shape index (κ1) is 125. The molecule has 0 radical (unpaired) electrons. The molecule has 14 bridgehead atoms. The van der Waals surface area contributed by atoms with E-state index in [2.05, 4.69) is 237 Å². The summed E-state index contributed by atoms with van der Waals surface area (Å²) in [4.78, 5) is 0. The first-order valence-corrected chi connectivity index (χ1v) is 70.9. The van der Waals surface area contributed by atoms with E-state index >= 15 is 0 Å². The summed E-state index contributed by atoms with van der Waals surface area (Å²) in [5.74, 6) is 0. The third kappa shape index (κ3) is 28.6.